The van der Waals surface area contributed by atoms with Gasteiger partial charge in [-0.05, 0) is 50.0 Å². The third kappa shape index (κ3) is 2.98. The molecule has 1 aliphatic heterocycles. The van der Waals surface area contributed by atoms with Gasteiger partial charge in [0.1, 0.15) is 5.82 Å². The molecule has 1 fully saturated rings. The van der Waals surface area contributed by atoms with Crippen LogP contribution in [0.4, 0.5) is 4.39 Å². The first-order valence-electron chi connectivity index (χ1n) is 6.60. The fourth-order valence-corrected chi connectivity index (χ4v) is 2.43. The van der Waals surface area contributed by atoms with Crippen molar-refractivity contribution >= 4 is 0 Å². The van der Waals surface area contributed by atoms with Crippen molar-refractivity contribution in [2.45, 2.75) is 19.3 Å². The van der Waals surface area contributed by atoms with Gasteiger partial charge in [-0.1, -0.05) is 11.2 Å². The predicted octanol–water partition coefficient (Wildman–Crippen LogP) is 2.42. The van der Waals surface area contributed by atoms with E-state index >= 15 is 0 Å². The average Bonchev–Trinajstić information content (AvgIpc) is 2.88. The molecule has 0 amide bonds. The number of halogens is 1. The van der Waals surface area contributed by atoms with Gasteiger partial charge in [-0.2, -0.15) is 4.98 Å². The highest BCUT2D eigenvalue weighted by Gasteiger charge is 2.17. The Balaban J connectivity index is 1.72. The van der Waals surface area contributed by atoms with Gasteiger partial charge in [0.2, 0.25) is 0 Å². The van der Waals surface area contributed by atoms with E-state index < -0.39 is 0 Å². The number of hydrogen-bond donors (Lipinski definition) is 1. The number of nitrogens with zero attached hydrogens (tertiary/aromatic N) is 2. The van der Waals surface area contributed by atoms with Crippen molar-refractivity contribution in [3.63, 3.8) is 0 Å². The minimum atomic E-state index is -0.297. The lowest BCUT2D eigenvalue weighted by molar-refractivity contribution is 0.360. The third-order valence-corrected chi connectivity index (χ3v) is 3.41. The van der Waals surface area contributed by atoms with E-state index in [0.29, 0.717) is 23.2 Å². The van der Waals surface area contributed by atoms with Crippen molar-refractivity contribution in [2.24, 2.45) is 5.92 Å². The number of piperidine rings is 1. The molecule has 1 aliphatic rings. The minimum absolute atomic E-state index is 0.297. The van der Waals surface area contributed by atoms with Gasteiger partial charge < -0.3 is 9.84 Å². The Hall–Kier alpha value is -1.75. The van der Waals surface area contributed by atoms with Gasteiger partial charge in [0.05, 0.1) is 0 Å². The van der Waals surface area contributed by atoms with Crippen LogP contribution < -0.4 is 5.32 Å². The van der Waals surface area contributed by atoms with Crippen LogP contribution in [0.2, 0.25) is 0 Å². The van der Waals surface area contributed by atoms with Crippen molar-refractivity contribution in [1.29, 1.82) is 0 Å². The molecule has 0 spiro atoms. The molecular weight excluding hydrogens is 245 g/mol. The molecule has 2 aromatic rings. The summed E-state index contributed by atoms with van der Waals surface area (Å²) < 4.78 is 18.3. The molecule has 1 N–H and O–H groups in total. The van der Waals surface area contributed by atoms with Gasteiger partial charge in [0.25, 0.3) is 5.89 Å². The first-order chi connectivity index (χ1) is 9.31. The summed E-state index contributed by atoms with van der Waals surface area (Å²) in [5.74, 6) is 1.35. The quantitative estimate of drug-likeness (QED) is 0.922. The summed E-state index contributed by atoms with van der Waals surface area (Å²) >= 11 is 0. The van der Waals surface area contributed by atoms with Crippen LogP contribution >= 0.6 is 0 Å². The summed E-state index contributed by atoms with van der Waals surface area (Å²) in [6.45, 7) is 2.10. The largest absolute Gasteiger partial charge is 0.334 e. The number of rotatable bonds is 3. The molecule has 3 rings (SSSR count). The molecular formula is C14H16FN3O. The van der Waals surface area contributed by atoms with E-state index in [1.165, 1.54) is 25.0 Å². The molecule has 19 heavy (non-hydrogen) atoms. The lowest BCUT2D eigenvalue weighted by Crippen LogP contribution is -2.31. The summed E-state index contributed by atoms with van der Waals surface area (Å²) in [5.41, 5.74) is 0.625. The highest BCUT2D eigenvalue weighted by molar-refractivity contribution is 5.52. The maximum absolute atomic E-state index is 13.1. The van der Waals surface area contributed by atoms with Crippen molar-refractivity contribution in [2.75, 3.05) is 13.1 Å². The Morgan fingerprint density at radius 3 is 3.16 bits per heavy atom. The third-order valence-electron chi connectivity index (χ3n) is 3.41. The summed E-state index contributed by atoms with van der Waals surface area (Å²) in [4.78, 5) is 4.34. The van der Waals surface area contributed by atoms with Gasteiger partial charge in [-0.15, -0.1) is 0 Å². The molecule has 0 saturated carbocycles. The summed E-state index contributed by atoms with van der Waals surface area (Å²) in [7, 11) is 0. The molecule has 1 unspecified atom stereocenters. The topological polar surface area (TPSA) is 51.0 Å². The van der Waals surface area contributed by atoms with Crippen LogP contribution in [0.3, 0.4) is 0 Å². The Bertz CT molecular complexity index is 549. The lowest BCUT2D eigenvalue weighted by Gasteiger charge is -2.20. The first kappa shape index (κ1) is 12.3. The van der Waals surface area contributed by atoms with Crippen LogP contribution in [0.15, 0.2) is 28.8 Å². The van der Waals surface area contributed by atoms with Crippen LogP contribution in [0.1, 0.15) is 18.7 Å². The van der Waals surface area contributed by atoms with E-state index in [9.17, 15) is 4.39 Å². The summed E-state index contributed by atoms with van der Waals surface area (Å²) in [6.07, 6.45) is 3.20. The predicted molar refractivity (Wildman–Crippen MR) is 69.0 cm³/mol. The van der Waals surface area contributed by atoms with E-state index in [1.54, 1.807) is 12.1 Å². The average molecular weight is 261 g/mol. The van der Waals surface area contributed by atoms with Crippen molar-refractivity contribution in [3.8, 4) is 11.5 Å². The maximum Gasteiger partial charge on any atom is 0.258 e. The molecule has 5 heteroatoms. The molecule has 2 heterocycles. The van der Waals surface area contributed by atoms with Crippen LogP contribution in [0.25, 0.3) is 11.5 Å². The fourth-order valence-electron chi connectivity index (χ4n) is 2.43. The molecule has 100 valence electrons. The summed E-state index contributed by atoms with van der Waals surface area (Å²) in [6, 6.07) is 6.20. The van der Waals surface area contributed by atoms with Crippen molar-refractivity contribution < 1.29 is 8.91 Å². The lowest BCUT2D eigenvalue weighted by atomic mass is 9.96. The molecule has 1 atom stereocenters. The second-order valence-electron chi connectivity index (χ2n) is 4.94. The Labute approximate surface area is 111 Å². The zero-order valence-corrected chi connectivity index (χ0v) is 10.6. The standard InChI is InChI=1S/C14H16FN3O/c15-12-5-1-4-11(8-12)14-17-13(18-19-14)7-10-3-2-6-16-9-10/h1,4-5,8,10,16H,2-3,6-7,9H2. The van der Waals surface area contributed by atoms with Crippen molar-refractivity contribution in [3.05, 3.63) is 35.9 Å². The van der Waals surface area contributed by atoms with E-state index in [-0.39, 0.29) is 5.82 Å². The minimum Gasteiger partial charge on any atom is -0.334 e. The molecule has 4 nitrogen and oxygen atoms in total. The Kier molecular flexibility index (Phi) is 3.55. The second-order valence-corrected chi connectivity index (χ2v) is 4.94. The molecule has 0 aliphatic carbocycles. The second kappa shape index (κ2) is 5.48. The Morgan fingerprint density at radius 2 is 2.37 bits per heavy atom. The molecule has 1 aromatic heterocycles. The Morgan fingerprint density at radius 1 is 1.42 bits per heavy atom. The van der Waals surface area contributed by atoms with Crippen LogP contribution in [-0.2, 0) is 6.42 Å². The van der Waals surface area contributed by atoms with Gasteiger partial charge in [0, 0.05) is 12.0 Å². The zero-order valence-electron chi connectivity index (χ0n) is 10.6. The molecule has 1 saturated heterocycles. The van der Waals surface area contributed by atoms with Gasteiger partial charge >= 0.3 is 0 Å². The van der Waals surface area contributed by atoms with Gasteiger partial charge in [0.15, 0.2) is 5.82 Å². The number of benzene rings is 1. The zero-order chi connectivity index (χ0) is 13.1. The van der Waals surface area contributed by atoms with E-state index in [1.807, 2.05) is 0 Å². The van der Waals surface area contributed by atoms with Crippen LogP contribution in [-0.4, -0.2) is 23.2 Å². The molecule has 0 radical (unpaired) electrons. The highest BCUT2D eigenvalue weighted by Crippen LogP contribution is 2.20. The molecule has 0 bridgehead atoms. The fraction of sp³-hybridized carbons (Fsp3) is 0.429. The smallest absolute Gasteiger partial charge is 0.258 e. The summed E-state index contributed by atoms with van der Waals surface area (Å²) in [5, 5.41) is 7.35. The van der Waals surface area contributed by atoms with E-state index in [2.05, 4.69) is 15.5 Å². The number of hydrogen-bond acceptors (Lipinski definition) is 4. The van der Waals surface area contributed by atoms with Crippen molar-refractivity contribution in [1.82, 2.24) is 15.5 Å². The van der Waals surface area contributed by atoms with Gasteiger partial charge in [-0.25, -0.2) is 4.39 Å². The first-order valence-corrected chi connectivity index (χ1v) is 6.60. The number of aromatic nitrogens is 2. The monoisotopic (exact) mass is 261 g/mol. The maximum atomic E-state index is 13.1. The van der Waals surface area contributed by atoms with Gasteiger partial charge in [-0.3, -0.25) is 0 Å². The normalized spacial score (nSPS) is 19.5. The highest BCUT2D eigenvalue weighted by atomic mass is 19.1. The van der Waals surface area contributed by atoms with E-state index in [0.717, 1.165) is 19.5 Å². The van der Waals surface area contributed by atoms with Crippen LogP contribution in [0.5, 0.6) is 0 Å². The van der Waals surface area contributed by atoms with Crippen LogP contribution in [0, 0.1) is 11.7 Å². The number of nitrogens with one attached hydrogen (secondary N) is 1. The SMILES string of the molecule is Fc1cccc(-c2nc(CC3CCCNC3)no2)c1. The van der Waals surface area contributed by atoms with E-state index in [4.69, 9.17) is 4.52 Å². The molecule has 1 aromatic carbocycles.